The Morgan fingerprint density at radius 1 is 1.33 bits per heavy atom. The Morgan fingerprint density at radius 3 is 2.67 bits per heavy atom. The zero-order valence-corrected chi connectivity index (χ0v) is 12.9. The molecule has 2 heterocycles. The van der Waals surface area contributed by atoms with Crippen LogP contribution in [0.15, 0.2) is 34.5 Å². The first-order valence-corrected chi connectivity index (χ1v) is 8.07. The number of anilines is 2. The van der Waals surface area contributed by atoms with E-state index in [4.69, 9.17) is 5.73 Å². The number of nitrogens with zero attached hydrogens (tertiary/aromatic N) is 2. The lowest BCUT2D eigenvalue weighted by Gasteiger charge is -2.14. The molecule has 1 atom stereocenters. The summed E-state index contributed by atoms with van der Waals surface area (Å²) >= 11 is 2.72. The minimum Gasteiger partial charge on any atom is -0.375 e. The van der Waals surface area contributed by atoms with Gasteiger partial charge >= 0.3 is 0 Å². The van der Waals surface area contributed by atoms with Crippen LogP contribution in [-0.4, -0.2) is 22.0 Å². The quantitative estimate of drug-likeness (QED) is 0.880. The highest BCUT2D eigenvalue weighted by atomic mass is 32.2. The van der Waals surface area contributed by atoms with Crippen LogP contribution in [0.1, 0.15) is 12.1 Å². The Labute approximate surface area is 130 Å². The molecule has 1 fully saturated rings. The minimum absolute atomic E-state index is 0.168. The molecule has 0 bridgehead atoms. The lowest BCUT2D eigenvalue weighted by molar-refractivity contribution is -0.121. The number of thioether (sulfide) groups is 1. The molecule has 1 aromatic heterocycles. The van der Waals surface area contributed by atoms with E-state index in [1.54, 1.807) is 12.1 Å². The van der Waals surface area contributed by atoms with Crippen molar-refractivity contribution in [2.24, 2.45) is 0 Å². The van der Waals surface area contributed by atoms with E-state index in [-0.39, 0.29) is 18.2 Å². The number of hydrogen-bond acceptors (Lipinski definition) is 6. The van der Waals surface area contributed by atoms with E-state index in [1.807, 2.05) is 25.1 Å². The van der Waals surface area contributed by atoms with Gasteiger partial charge in [0.1, 0.15) is 0 Å². The van der Waals surface area contributed by atoms with E-state index < -0.39 is 5.25 Å². The molecule has 2 aromatic rings. The molecule has 7 heteroatoms. The number of nitrogen functional groups attached to an aromatic ring is 1. The number of hydrogen-bond donors (Lipinski definition) is 1. The van der Waals surface area contributed by atoms with E-state index in [9.17, 15) is 9.59 Å². The number of nitrogens with two attached hydrogens (primary N) is 1. The SMILES string of the molecule is Cc1nc(N)sc1SC1CC(=O)N(c2ccccc2)C1=O. The highest BCUT2D eigenvalue weighted by Crippen LogP contribution is 2.38. The molecule has 1 aromatic carbocycles. The molecule has 2 amide bonds. The van der Waals surface area contributed by atoms with Gasteiger partial charge < -0.3 is 5.73 Å². The van der Waals surface area contributed by atoms with Gasteiger partial charge in [0.15, 0.2) is 5.13 Å². The number of amides is 2. The fourth-order valence-corrected chi connectivity index (χ4v) is 4.46. The number of aromatic nitrogens is 1. The third-order valence-electron chi connectivity index (χ3n) is 3.14. The lowest BCUT2D eigenvalue weighted by atomic mass is 10.3. The number of para-hydroxylation sites is 1. The van der Waals surface area contributed by atoms with Gasteiger partial charge in [-0.1, -0.05) is 41.3 Å². The van der Waals surface area contributed by atoms with Gasteiger partial charge in [-0.3, -0.25) is 9.59 Å². The summed E-state index contributed by atoms with van der Waals surface area (Å²) in [4.78, 5) is 30.0. The maximum absolute atomic E-state index is 12.5. The van der Waals surface area contributed by atoms with Crippen LogP contribution in [0.25, 0.3) is 0 Å². The molecule has 1 saturated heterocycles. The topological polar surface area (TPSA) is 76.3 Å². The first kappa shape index (κ1) is 14.1. The summed E-state index contributed by atoms with van der Waals surface area (Å²) in [6, 6.07) is 9.00. The summed E-state index contributed by atoms with van der Waals surface area (Å²) in [5, 5.41) is 0.0722. The van der Waals surface area contributed by atoms with Crippen LogP contribution >= 0.6 is 23.1 Å². The van der Waals surface area contributed by atoms with Crippen molar-refractivity contribution in [2.75, 3.05) is 10.6 Å². The molecule has 5 nitrogen and oxygen atoms in total. The van der Waals surface area contributed by atoms with E-state index in [2.05, 4.69) is 4.98 Å². The Balaban J connectivity index is 1.82. The number of benzene rings is 1. The van der Waals surface area contributed by atoms with E-state index in [1.165, 1.54) is 28.0 Å². The molecule has 0 aliphatic carbocycles. The van der Waals surface area contributed by atoms with E-state index in [0.29, 0.717) is 10.8 Å². The van der Waals surface area contributed by atoms with Crippen LogP contribution in [0.5, 0.6) is 0 Å². The summed E-state index contributed by atoms with van der Waals surface area (Å²) in [7, 11) is 0. The molecular formula is C14H13N3O2S2. The zero-order valence-electron chi connectivity index (χ0n) is 11.3. The number of thiazole rings is 1. The normalized spacial score (nSPS) is 18.5. The maximum atomic E-state index is 12.5. The maximum Gasteiger partial charge on any atom is 0.247 e. The van der Waals surface area contributed by atoms with Crippen LogP contribution in [0.2, 0.25) is 0 Å². The van der Waals surface area contributed by atoms with Crippen LogP contribution in [0, 0.1) is 6.92 Å². The van der Waals surface area contributed by atoms with Crippen molar-refractivity contribution in [3.63, 3.8) is 0 Å². The highest BCUT2D eigenvalue weighted by molar-refractivity contribution is 8.02. The van der Waals surface area contributed by atoms with Gasteiger partial charge in [-0.25, -0.2) is 9.88 Å². The first-order valence-electron chi connectivity index (χ1n) is 6.37. The fourth-order valence-electron chi connectivity index (χ4n) is 2.19. The zero-order chi connectivity index (χ0) is 15.0. The predicted octanol–water partition coefficient (Wildman–Crippen LogP) is 2.46. The van der Waals surface area contributed by atoms with Crippen LogP contribution < -0.4 is 10.6 Å². The minimum atomic E-state index is -0.406. The molecule has 0 spiro atoms. The number of rotatable bonds is 3. The van der Waals surface area contributed by atoms with Gasteiger partial charge in [0.2, 0.25) is 11.8 Å². The lowest BCUT2D eigenvalue weighted by Crippen LogP contribution is -2.30. The van der Waals surface area contributed by atoms with Crippen molar-refractivity contribution >= 4 is 45.7 Å². The van der Waals surface area contributed by atoms with Gasteiger partial charge in [-0.05, 0) is 19.1 Å². The highest BCUT2D eigenvalue weighted by Gasteiger charge is 2.40. The van der Waals surface area contributed by atoms with Gasteiger partial charge in [0.05, 0.1) is 20.8 Å². The van der Waals surface area contributed by atoms with E-state index in [0.717, 1.165) is 9.90 Å². The van der Waals surface area contributed by atoms with Crippen LogP contribution in [-0.2, 0) is 9.59 Å². The van der Waals surface area contributed by atoms with Crippen molar-refractivity contribution in [2.45, 2.75) is 22.8 Å². The van der Waals surface area contributed by atoms with E-state index >= 15 is 0 Å². The van der Waals surface area contributed by atoms with Gasteiger partial charge in [0, 0.05) is 6.42 Å². The van der Waals surface area contributed by atoms with Crippen molar-refractivity contribution < 1.29 is 9.59 Å². The van der Waals surface area contributed by atoms with Crippen molar-refractivity contribution in [1.82, 2.24) is 4.98 Å². The van der Waals surface area contributed by atoms with Gasteiger partial charge in [0.25, 0.3) is 0 Å². The first-order chi connectivity index (χ1) is 10.1. The monoisotopic (exact) mass is 319 g/mol. The molecule has 1 aliphatic heterocycles. The second kappa shape index (κ2) is 5.50. The Hall–Kier alpha value is -1.86. The van der Waals surface area contributed by atoms with Crippen LogP contribution in [0.3, 0.4) is 0 Å². The molecule has 1 aliphatic rings. The van der Waals surface area contributed by atoms with Gasteiger partial charge in [-0.2, -0.15) is 0 Å². The fraction of sp³-hybridized carbons (Fsp3) is 0.214. The second-order valence-corrected chi connectivity index (χ2v) is 7.14. The van der Waals surface area contributed by atoms with Gasteiger partial charge in [-0.15, -0.1) is 0 Å². The molecule has 0 saturated carbocycles. The Kier molecular flexibility index (Phi) is 3.69. The van der Waals surface area contributed by atoms with Crippen LogP contribution in [0.4, 0.5) is 10.8 Å². The second-order valence-electron chi connectivity index (χ2n) is 4.64. The summed E-state index contributed by atoms with van der Waals surface area (Å²) in [6.07, 6.45) is 0.204. The molecule has 0 radical (unpaired) electrons. The molecule has 21 heavy (non-hydrogen) atoms. The number of carbonyl (C=O) groups is 2. The summed E-state index contributed by atoms with van der Waals surface area (Å²) < 4.78 is 0.897. The molecule has 1 unspecified atom stereocenters. The largest absolute Gasteiger partial charge is 0.375 e. The average Bonchev–Trinajstić information content (AvgIpc) is 2.91. The number of carbonyl (C=O) groups excluding carboxylic acids is 2. The molecule has 108 valence electrons. The predicted molar refractivity (Wildman–Crippen MR) is 84.5 cm³/mol. The number of imide groups is 1. The summed E-state index contributed by atoms with van der Waals surface area (Å²) in [5.41, 5.74) is 7.09. The summed E-state index contributed by atoms with van der Waals surface area (Å²) in [6.45, 7) is 1.85. The van der Waals surface area contributed by atoms with Crippen molar-refractivity contribution in [3.05, 3.63) is 36.0 Å². The smallest absolute Gasteiger partial charge is 0.247 e. The standard InChI is InChI=1S/C14H13N3O2S2/c1-8-13(21-14(15)16-8)20-10-7-11(18)17(12(10)19)9-5-3-2-4-6-9/h2-6,10H,7H2,1H3,(H2,15,16). The Morgan fingerprint density at radius 2 is 2.05 bits per heavy atom. The third kappa shape index (κ3) is 2.66. The summed E-state index contributed by atoms with van der Waals surface area (Å²) in [5.74, 6) is -0.346. The van der Waals surface area contributed by atoms with Crippen molar-refractivity contribution in [1.29, 1.82) is 0 Å². The van der Waals surface area contributed by atoms with Crippen molar-refractivity contribution in [3.8, 4) is 0 Å². The third-order valence-corrected chi connectivity index (χ3v) is 5.62. The molecular weight excluding hydrogens is 306 g/mol. The number of aryl methyl sites for hydroxylation is 1. The average molecular weight is 319 g/mol. The Bertz CT molecular complexity index is 699. The molecule has 2 N–H and O–H groups in total. The molecule has 3 rings (SSSR count).